The van der Waals surface area contributed by atoms with Crippen LogP contribution in [0.15, 0.2) is 60.7 Å². The van der Waals surface area contributed by atoms with E-state index in [0.29, 0.717) is 23.7 Å². The number of hydrogen-bond acceptors (Lipinski definition) is 5. The number of amides is 1. The fourth-order valence-corrected chi connectivity index (χ4v) is 3.62. The van der Waals surface area contributed by atoms with E-state index in [1.807, 2.05) is 60.1 Å². The third-order valence-corrected chi connectivity index (χ3v) is 5.36. The van der Waals surface area contributed by atoms with Gasteiger partial charge in [0.1, 0.15) is 24.1 Å². The van der Waals surface area contributed by atoms with Gasteiger partial charge < -0.3 is 14.7 Å². The molecule has 2 N–H and O–H groups in total. The van der Waals surface area contributed by atoms with E-state index in [4.69, 9.17) is 4.74 Å². The number of nitrogens with zero attached hydrogens (tertiary/aromatic N) is 3. The van der Waals surface area contributed by atoms with Gasteiger partial charge in [0.25, 0.3) is 0 Å². The number of carbonyl (C=O) groups is 1. The normalized spacial score (nSPS) is 17.2. The highest BCUT2D eigenvalue weighted by molar-refractivity contribution is 5.98. The van der Waals surface area contributed by atoms with Crippen molar-refractivity contribution < 1.29 is 14.6 Å². The summed E-state index contributed by atoms with van der Waals surface area (Å²) in [6.07, 6.45) is -0.224. The topological polar surface area (TPSA) is 79.6 Å². The van der Waals surface area contributed by atoms with E-state index in [-0.39, 0.29) is 12.5 Å². The van der Waals surface area contributed by atoms with Crippen molar-refractivity contribution in [1.29, 1.82) is 0 Å². The van der Waals surface area contributed by atoms with Crippen molar-refractivity contribution in [2.75, 3.05) is 18.6 Å². The Morgan fingerprint density at radius 2 is 1.93 bits per heavy atom. The molecule has 0 bridgehead atoms. The van der Waals surface area contributed by atoms with Crippen molar-refractivity contribution in [3.63, 3.8) is 0 Å². The molecule has 7 nitrogen and oxygen atoms in total. The third-order valence-electron chi connectivity index (χ3n) is 5.36. The lowest BCUT2D eigenvalue weighted by molar-refractivity contribution is -0.121. The second-order valence-corrected chi connectivity index (χ2v) is 7.47. The Kier molecular flexibility index (Phi) is 5.83. The van der Waals surface area contributed by atoms with Crippen LogP contribution in [0.3, 0.4) is 0 Å². The summed E-state index contributed by atoms with van der Waals surface area (Å²) in [6, 6.07) is 18.7. The van der Waals surface area contributed by atoms with Gasteiger partial charge in [-0.05, 0) is 37.1 Å². The molecule has 0 fully saturated rings. The van der Waals surface area contributed by atoms with E-state index in [1.54, 1.807) is 11.9 Å². The van der Waals surface area contributed by atoms with Gasteiger partial charge in [-0.15, -0.1) is 0 Å². The minimum Gasteiger partial charge on any atom is -0.489 e. The van der Waals surface area contributed by atoms with Gasteiger partial charge >= 0.3 is 0 Å². The summed E-state index contributed by atoms with van der Waals surface area (Å²) in [5.74, 6) is 0.479. The highest BCUT2D eigenvalue weighted by Gasteiger charge is 2.31. The molecule has 0 radical (unpaired) electrons. The van der Waals surface area contributed by atoms with Crippen LogP contribution >= 0.6 is 0 Å². The molecular weight excluding hydrogens is 380 g/mol. The minimum atomic E-state index is -1.08. The predicted octanol–water partition coefficient (Wildman–Crippen LogP) is 2.44. The molecule has 0 saturated heterocycles. The van der Waals surface area contributed by atoms with Gasteiger partial charge in [0.05, 0.1) is 5.69 Å². The van der Waals surface area contributed by atoms with Crippen LogP contribution in [-0.4, -0.2) is 40.5 Å². The van der Waals surface area contributed by atoms with Crippen molar-refractivity contribution >= 4 is 11.6 Å². The van der Waals surface area contributed by atoms with Crippen LogP contribution in [0.4, 0.5) is 5.69 Å². The number of para-hydroxylation sites is 2. The first-order valence-corrected chi connectivity index (χ1v) is 10.0. The molecule has 1 aliphatic rings. The fraction of sp³-hybridized carbons (Fsp3) is 0.304. The van der Waals surface area contributed by atoms with E-state index in [2.05, 4.69) is 22.5 Å². The molecule has 7 heteroatoms. The zero-order chi connectivity index (χ0) is 21.1. The van der Waals surface area contributed by atoms with Gasteiger partial charge in [-0.1, -0.05) is 42.5 Å². The van der Waals surface area contributed by atoms with Gasteiger partial charge in [0.15, 0.2) is 6.23 Å². The molecule has 2 aromatic carbocycles. The Morgan fingerprint density at radius 3 is 2.73 bits per heavy atom. The quantitative estimate of drug-likeness (QED) is 0.615. The minimum absolute atomic E-state index is 0.130. The maximum absolute atomic E-state index is 12.9. The number of nitrogens with one attached hydrogen (secondary N) is 1. The summed E-state index contributed by atoms with van der Waals surface area (Å²) in [7, 11) is 1.71. The summed E-state index contributed by atoms with van der Waals surface area (Å²) in [6.45, 7) is 2.80. The van der Waals surface area contributed by atoms with Crippen LogP contribution in [0.1, 0.15) is 23.2 Å². The number of ether oxygens (including phenoxy) is 1. The van der Waals surface area contributed by atoms with Gasteiger partial charge in [-0.25, -0.2) is 0 Å². The van der Waals surface area contributed by atoms with Gasteiger partial charge in [0.2, 0.25) is 5.91 Å². The Hall–Kier alpha value is -3.16. The summed E-state index contributed by atoms with van der Waals surface area (Å²) in [5.41, 5.74) is 3.38. The molecule has 1 aliphatic heterocycles. The van der Waals surface area contributed by atoms with E-state index >= 15 is 0 Å². The third kappa shape index (κ3) is 4.22. The molecule has 3 aromatic rings. The zero-order valence-electron chi connectivity index (χ0n) is 17.2. The second kappa shape index (κ2) is 8.69. The molecule has 2 atom stereocenters. The smallest absolute Gasteiger partial charge is 0.247 e. The van der Waals surface area contributed by atoms with Crippen LogP contribution in [0.5, 0.6) is 5.75 Å². The summed E-state index contributed by atoms with van der Waals surface area (Å²) in [4.78, 5) is 14.4. The Labute approximate surface area is 175 Å². The lowest BCUT2D eigenvalue weighted by Gasteiger charge is -2.22. The largest absolute Gasteiger partial charge is 0.489 e. The van der Waals surface area contributed by atoms with Gasteiger partial charge in [0, 0.05) is 19.3 Å². The van der Waals surface area contributed by atoms with Crippen molar-refractivity contribution in [2.45, 2.75) is 32.2 Å². The maximum atomic E-state index is 12.9. The Bertz CT molecular complexity index is 1020. The first kappa shape index (κ1) is 20.1. The number of carbonyl (C=O) groups excluding carboxylic acids is 1. The van der Waals surface area contributed by atoms with Crippen LogP contribution in [-0.2, 0) is 17.8 Å². The van der Waals surface area contributed by atoms with Crippen LogP contribution in [0, 0.1) is 6.92 Å². The number of hydrogen-bond donors (Lipinski definition) is 2. The van der Waals surface area contributed by atoms with Gasteiger partial charge in [-0.2, -0.15) is 5.10 Å². The molecule has 0 spiro atoms. The highest BCUT2D eigenvalue weighted by atomic mass is 16.5. The van der Waals surface area contributed by atoms with E-state index < -0.39 is 12.3 Å². The monoisotopic (exact) mass is 406 g/mol. The Morgan fingerprint density at radius 1 is 1.20 bits per heavy atom. The number of fused-ring (bicyclic) bond motifs is 1. The Balaban J connectivity index is 1.43. The lowest BCUT2D eigenvalue weighted by atomic mass is 10.1. The average Bonchev–Trinajstić information content (AvgIpc) is 3.10. The molecule has 0 saturated carbocycles. The van der Waals surface area contributed by atoms with Crippen LogP contribution in [0.2, 0.25) is 0 Å². The standard InChI is InChI=1S/C23H26N4O3/c1-16-14-18(25-27(16)13-12-17-8-4-3-5-9-17)22(28)24-19-15-30-21-11-7-6-10-20(21)26(2)23(19)29/h3-11,14,19,22,24,28H,12-13,15H2,1-2H3/t19-,22?/m0/s1. The van der Waals surface area contributed by atoms with E-state index in [9.17, 15) is 9.90 Å². The molecule has 1 amide bonds. The molecule has 30 heavy (non-hydrogen) atoms. The van der Waals surface area contributed by atoms with Gasteiger partial charge in [-0.3, -0.25) is 14.8 Å². The number of rotatable bonds is 6. The molecular formula is C23H26N4O3. The fourth-order valence-electron chi connectivity index (χ4n) is 3.62. The summed E-state index contributed by atoms with van der Waals surface area (Å²) < 4.78 is 7.67. The molecule has 0 aliphatic carbocycles. The number of aromatic nitrogens is 2. The maximum Gasteiger partial charge on any atom is 0.247 e. The van der Waals surface area contributed by atoms with Crippen LogP contribution in [0.25, 0.3) is 0 Å². The molecule has 1 aromatic heterocycles. The van der Waals surface area contributed by atoms with Crippen LogP contribution < -0.4 is 15.0 Å². The van der Waals surface area contributed by atoms with Crippen molar-refractivity contribution in [3.05, 3.63) is 77.6 Å². The molecule has 156 valence electrons. The zero-order valence-corrected chi connectivity index (χ0v) is 17.2. The van der Waals surface area contributed by atoms with Crippen molar-refractivity contribution in [1.82, 2.24) is 15.1 Å². The number of aliphatic hydroxyl groups excluding tert-OH is 1. The summed E-state index contributed by atoms with van der Waals surface area (Å²) in [5, 5.41) is 18.2. The average molecular weight is 406 g/mol. The summed E-state index contributed by atoms with van der Waals surface area (Å²) >= 11 is 0. The second-order valence-electron chi connectivity index (χ2n) is 7.47. The number of aliphatic hydroxyl groups is 1. The molecule has 4 rings (SSSR count). The molecule has 2 heterocycles. The SMILES string of the molecule is Cc1cc(C(O)N[C@H]2COc3ccccc3N(C)C2=O)nn1CCc1ccccc1. The highest BCUT2D eigenvalue weighted by Crippen LogP contribution is 2.30. The van der Waals surface area contributed by atoms with Crippen molar-refractivity contribution in [3.8, 4) is 5.75 Å². The number of likely N-dealkylation sites (N-methyl/N-ethyl adjacent to an activating group) is 1. The van der Waals surface area contributed by atoms with E-state index in [0.717, 1.165) is 12.1 Å². The molecule has 1 unspecified atom stereocenters. The number of benzene rings is 2. The first-order valence-electron chi connectivity index (χ1n) is 10.0. The predicted molar refractivity (Wildman–Crippen MR) is 114 cm³/mol. The first-order chi connectivity index (χ1) is 14.5. The lowest BCUT2D eigenvalue weighted by Crippen LogP contribution is -2.48. The number of anilines is 1. The van der Waals surface area contributed by atoms with Crippen molar-refractivity contribution in [2.24, 2.45) is 0 Å². The number of aryl methyl sites for hydroxylation is 3. The van der Waals surface area contributed by atoms with E-state index in [1.165, 1.54) is 5.56 Å².